The van der Waals surface area contributed by atoms with Crippen LogP contribution in [0.2, 0.25) is 0 Å². The van der Waals surface area contributed by atoms with E-state index in [1.54, 1.807) is 0 Å². The maximum absolute atomic E-state index is 9.88. The molecule has 0 rings (SSSR count). The first kappa shape index (κ1) is 5.87. The highest BCUT2D eigenvalue weighted by Gasteiger charge is 1.85. The third-order valence-electron chi connectivity index (χ3n) is 0.184. The van der Waals surface area contributed by atoms with Crippen molar-refractivity contribution >= 4 is 10.0 Å². The van der Waals surface area contributed by atoms with Crippen molar-refractivity contribution in [3.05, 3.63) is 0 Å². The number of nitrogens with two attached hydrogens (primary N) is 1. The molecule has 0 aliphatic carbocycles. The standard InChI is InChI=1S/CH6N2O2S/c1-6(3,4)5-2/h3H,2H2,1H3. The van der Waals surface area contributed by atoms with Gasteiger partial charge in [-0.3, -0.25) is 0 Å². The van der Waals surface area contributed by atoms with E-state index in [4.69, 9.17) is 4.78 Å². The van der Waals surface area contributed by atoms with E-state index in [0.717, 1.165) is 6.26 Å². The van der Waals surface area contributed by atoms with Crippen LogP contribution in [0, 0.1) is 4.78 Å². The van der Waals surface area contributed by atoms with Gasteiger partial charge in [0.15, 0.2) is 10.0 Å². The largest absolute Gasteiger partial charge is 0.229 e. The number of rotatable bonds is 1. The van der Waals surface area contributed by atoms with Crippen LogP contribution in [0.5, 0.6) is 0 Å². The first-order valence-electron chi connectivity index (χ1n) is 1.18. The third kappa shape index (κ3) is 3.87. The molecule has 0 aromatic heterocycles. The topological polar surface area (TPSA) is 76.2 Å². The van der Waals surface area contributed by atoms with Crippen LogP contribution in [0.25, 0.3) is 0 Å². The third-order valence-corrected chi connectivity index (χ3v) is 0.551. The first-order chi connectivity index (χ1) is 2.56. The fourth-order valence-electron chi connectivity index (χ4n) is 0. The molecule has 0 saturated heterocycles. The van der Waals surface area contributed by atoms with Gasteiger partial charge in [0.2, 0.25) is 0 Å². The molecule has 0 fully saturated rings. The van der Waals surface area contributed by atoms with Crippen LogP contribution >= 0.6 is 0 Å². The predicted octanol–water partition coefficient (Wildman–Crippen LogP) is -0.532. The van der Waals surface area contributed by atoms with Gasteiger partial charge in [-0.15, -0.1) is 0 Å². The highest BCUT2D eigenvalue weighted by Crippen LogP contribution is 1.75. The van der Waals surface area contributed by atoms with E-state index >= 15 is 0 Å². The zero-order chi connectivity index (χ0) is 5.21. The SMILES string of the molecule is CS(=N)(=O)ON. The maximum atomic E-state index is 9.88. The molecule has 6 heavy (non-hydrogen) atoms. The molecule has 0 aromatic rings. The van der Waals surface area contributed by atoms with E-state index < -0.39 is 10.0 Å². The molecule has 3 N–H and O–H groups in total. The van der Waals surface area contributed by atoms with Crippen LogP contribution in [0.3, 0.4) is 0 Å². The van der Waals surface area contributed by atoms with Gasteiger partial charge >= 0.3 is 0 Å². The molecule has 1 atom stereocenters. The summed E-state index contributed by atoms with van der Waals surface area (Å²) in [5, 5.41) is 0. The van der Waals surface area contributed by atoms with Gasteiger partial charge < -0.3 is 0 Å². The fraction of sp³-hybridized carbons (Fsp3) is 1.00. The van der Waals surface area contributed by atoms with Crippen molar-refractivity contribution in [1.29, 1.82) is 4.78 Å². The lowest BCUT2D eigenvalue weighted by atomic mass is 12.0. The Bertz CT molecular complexity index is 114. The summed E-state index contributed by atoms with van der Waals surface area (Å²) in [7, 11) is -2.88. The summed E-state index contributed by atoms with van der Waals surface area (Å²) in [6, 6.07) is 0. The Morgan fingerprint density at radius 3 is 2.17 bits per heavy atom. The highest BCUT2D eigenvalue weighted by molar-refractivity contribution is 7.86. The summed E-state index contributed by atoms with van der Waals surface area (Å²) >= 11 is 0. The zero-order valence-electron chi connectivity index (χ0n) is 3.30. The van der Waals surface area contributed by atoms with Crippen molar-refractivity contribution in [3.63, 3.8) is 0 Å². The second kappa shape index (κ2) is 1.55. The Morgan fingerprint density at radius 2 is 2.17 bits per heavy atom. The van der Waals surface area contributed by atoms with Gasteiger partial charge in [0.1, 0.15) is 0 Å². The van der Waals surface area contributed by atoms with Crippen LogP contribution in [-0.4, -0.2) is 10.5 Å². The van der Waals surface area contributed by atoms with Gasteiger partial charge in [-0.2, -0.15) is 10.2 Å². The summed E-state index contributed by atoms with van der Waals surface area (Å²) in [6.07, 6.45) is 1.09. The molecule has 0 amide bonds. The minimum atomic E-state index is -2.88. The van der Waals surface area contributed by atoms with Crippen molar-refractivity contribution in [1.82, 2.24) is 0 Å². The Kier molecular flexibility index (Phi) is 1.51. The normalized spacial score (nSPS) is 19.7. The van der Waals surface area contributed by atoms with Crippen LogP contribution in [0.4, 0.5) is 0 Å². The maximum Gasteiger partial charge on any atom is 0.173 e. The molecule has 5 heteroatoms. The van der Waals surface area contributed by atoms with Crippen LogP contribution in [-0.2, 0) is 14.3 Å². The van der Waals surface area contributed by atoms with E-state index in [1.165, 1.54) is 0 Å². The lowest BCUT2D eigenvalue weighted by molar-refractivity contribution is 0.361. The van der Waals surface area contributed by atoms with Gasteiger partial charge in [0, 0.05) is 6.26 Å². The van der Waals surface area contributed by atoms with Crippen molar-refractivity contribution in [2.45, 2.75) is 0 Å². The minimum absolute atomic E-state index is 1.09. The Labute approximate surface area is 36.4 Å². The van der Waals surface area contributed by atoms with Gasteiger partial charge in [0.05, 0.1) is 0 Å². The predicted molar refractivity (Wildman–Crippen MR) is 22.1 cm³/mol. The van der Waals surface area contributed by atoms with E-state index in [0.29, 0.717) is 0 Å². The molecule has 0 aliphatic heterocycles. The second-order valence-electron chi connectivity index (χ2n) is 0.868. The Balaban J connectivity index is 3.85. The number of hydrogen-bond acceptors (Lipinski definition) is 4. The van der Waals surface area contributed by atoms with Crippen LogP contribution in [0.1, 0.15) is 0 Å². The molecule has 0 aliphatic rings. The Morgan fingerprint density at radius 1 is 2.00 bits per heavy atom. The number of hydrogen-bond donors (Lipinski definition) is 2. The van der Waals surface area contributed by atoms with Crippen LogP contribution in [0.15, 0.2) is 0 Å². The Hall–Kier alpha value is -0.130. The van der Waals surface area contributed by atoms with Gasteiger partial charge in [-0.1, -0.05) is 0 Å². The number of nitrogens with one attached hydrogen (secondary N) is 1. The molecule has 0 saturated carbocycles. The summed E-state index contributed by atoms with van der Waals surface area (Å²) in [5.74, 6) is 4.34. The van der Waals surface area contributed by atoms with Crippen molar-refractivity contribution in [2.75, 3.05) is 6.26 Å². The van der Waals surface area contributed by atoms with Gasteiger partial charge in [0.25, 0.3) is 0 Å². The van der Waals surface area contributed by atoms with E-state index in [9.17, 15) is 4.21 Å². The molecule has 0 aromatic carbocycles. The molecule has 0 radical (unpaired) electrons. The average molecular weight is 110 g/mol. The van der Waals surface area contributed by atoms with E-state index in [-0.39, 0.29) is 0 Å². The van der Waals surface area contributed by atoms with E-state index in [2.05, 4.69) is 10.2 Å². The lowest BCUT2D eigenvalue weighted by Crippen LogP contribution is -2.05. The summed E-state index contributed by atoms with van der Waals surface area (Å²) in [4.78, 5) is 0. The molecular weight excluding hydrogens is 104 g/mol. The van der Waals surface area contributed by atoms with Crippen molar-refractivity contribution < 1.29 is 8.49 Å². The highest BCUT2D eigenvalue weighted by atomic mass is 32.2. The summed E-state index contributed by atoms with van der Waals surface area (Å²) < 4.78 is 19.9. The quantitative estimate of drug-likeness (QED) is 0.445. The zero-order valence-corrected chi connectivity index (χ0v) is 4.12. The van der Waals surface area contributed by atoms with Crippen molar-refractivity contribution in [3.8, 4) is 0 Å². The van der Waals surface area contributed by atoms with E-state index in [1.807, 2.05) is 0 Å². The minimum Gasteiger partial charge on any atom is -0.229 e. The molecule has 38 valence electrons. The first-order valence-corrected chi connectivity index (χ1v) is 3.07. The lowest BCUT2D eigenvalue weighted by Gasteiger charge is -1.88. The van der Waals surface area contributed by atoms with Gasteiger partial charge in [-0.25, -0.2) is 8.99 Å². The monoisotopic (exact) mass is 110 g/mol. The molecule has 0 spiro atoms. The molecular formula is CH6N2O2S. The van der Waals surface area contributed by atoms with Gasteiger partial charge in [-0.05, 0) is 0 Å². The summed E-state index contributed by atoms with van der Waals surface area (Å²) in [5.41, 5.74) is 0. The fourth-order valence-corrected chi connectivity index (χ4v) is 0. The second-order valence-corrected chi connectivity index (χ2v) is 2.61. The average Bonchev–Trinajstić information content (AvgIpc) is 1.35. The molecule has 4 nitrogen and oxygen atoms in total. The van der Waals surface area contributed by atoms with Crippen LogP contribution < -0.4 is 5.90 Å². The molecule has 1 unspecified atom stereocenters. The smallest absolute Gasteiger partial charge is 0.173 e. The molecule has 0 bridgehead atoms. The summed E-state index contributed by atoms with van der Waals surface area (Å²) in [6.45, 7) is 0. The molecule has 0 heterocycles. The van der Waals surface area contributed by atoms with Crippen molar-refractivity contribution in [2.24, 2.45) is 5.90 Å².